The van der Waals surface area contributed by atoms with Crippen LogP contribution in [0.3, 0.4) is 0 Å². The summed E-state index contributed by atoms with van der Waals surface area (Å²) in [5, 5.41) is 38.0. The minimum Gasteiger partial charge on any atom is -0.504 e. The first-order chi connectivity index (χ1) is 11.9. The smallest absolute Gasteiger partial charge is 0.330 e. The topological polar surface area (TPSA) is 116 Å². The van der Waals surface area contributed by atoms with E-state index in [0.717, 1.165) is 6.08 Å². The molecule has 0 bridgehead atoms. The third-order valence-corrected chi connectivity index (χ3v) is 3.22. The maximum absolute atomic E-state index is 11.6. The van der Waals surface area contributed by atoms with Gasteiger partial charge in [0.1, 0.15) is 18.8 Å². The number of rotatable bonds is 8. The van der Waals surface area contributed by atoms with Gasteiger partial charge in [-0.15, -0.1) is 0 Å². The fourth-order valence-corrected chi connectivity index (χ4v) is 1.77. The summed E-state index contributed by atoms with van der Waals surface area (Å²) in [6.45, 7) is 1.22. The van der Waals surface area contributed by atoms with E-state index in [1.54, 1.807) is 13.0 Å². The zero-order valence-electron chi connectivity index (χ0n) is 13.9. The van der Waals surface area contributed by atoms with Crippen LogP contribution in [0.1, 0.15) is 18.9 Å². The van der Waals surface area contributed by atoms with Crippen LogP contribution in [0, 0.1) is 0 Å². The molecule has 4 N–H and O–H groups in total. The van der Waals surface area contributed by atoms with Crippen molar-refractivity contribution < 1.29 is 34.7 Å². The van der Waals surface area contributed by atoms with Crippen molar-refractivity contribution in [1.29, 1.82) is 0 Å². The lowest BCUT2D eigenvalue weighted by Crippen LogP contribution is -2.40. The molecule has 0 amide bonds. The maximum atomic E-state index is 11.6. The monoisotopic (exact) mass is 390 g/mol. The number of aliphatic hydroxyl groups is 3. The quantitative estimate of drug-likeness (QED) is 0.371. The van der Waals surface area contributed by atoms with Gasteiger partial charge in [-0.25, -0.2) is 4.79 Å². The van der Waals surface area contributed by atoms with E-state index in [-0.39, 0.29) is 17.9 Å². The molecule has 0 saturated heterocycles. The Morgan fingerprint density at radius 1 is 1.24 bits per heavy atom. The molecule has 1 rings (SSSR count). The number of benzene rings is 1. The number of phenols is 1. The number of aliphatic hydroxyl groups excluding tert-OH is 3. The molecule has 140 valence electrons. The van der Waals surface area contributed by atoms with E-state index in [1.165, 1.54) is 25.3 Å². The van der Waals surface area contributed by atoms with Crippen molar-refractivity contribution in [2.75, 3.05) is 13.7 Å². The third-order valence-electron chi connectivity index (χ3n) is 3.22. The number of carbonyl (C=O) groups is 1. The molecule has 0 spiro atoms. The highest BCUT2D eigenvalue weighted by Gasteiger charge is 2.24. The Kier molecular flexibility index (Phi) is 11.8. The van der Waals surface area contributed by atoms with Crippen LogP contribution in [0.4, 0.5) is 0 Å². The molecule has 1 aromatic rings. The van der Waals surface area contributed by atoms with E-state index in [1.807, 2.05) is 0 Å². The second-order valence-electron chi connectivity index (χ2n) is 4.93. The van der Waals surface area contributed by atoms with Gasteiger partial charge in [-0.1, -0.05) is 13.0 Å². The van der Waals surface area contributed by atoms with E-state index < -0.39 is 30.9 Å². The minimum absolute atomic E-state index is 0.0150. The fraction of sp³-hybridized carbons (Fsp3) is 0.438. The first kappa shape index (κ1) is 23.4. The highest BCUT2D eigenvalue weighted by Crippen LogP contribution is 2.26. The molecule has 0 aliphatic carbocycles. The van der Waals surface area contributed by atoms with Crippen LogP contribution in [0.5, 0.6) is 11.5 Å². The first-order valence-corrected chi connectivity index (χ1v) is 8.65. The van der Waals surface area contributed by atoms with Gasteiger partial charge in [0, 0.05) is 28.5 Å². The minimum atomic E-state index is -1.38. The lowest BCUT2D eigenvalue weighted by Gasteiger charge is -2.21. The Morgan fingerprint density at radius 2 is 1.88 bits per heavy atom. The van der Waals surface area contributed by atoms with E-state index in [9.17, 15) is 25.2 Å². The maximum Gasteiger partial charge on any atom is 0.330 e. The number of aromatic hydroxyl groups is 1. The molecule has 3 unspecified atom stereocenters. The van der Waals surface area contributed by atoms with E-state index >= 15 is 0 Å². The van der Waals surface area contributed by atoms with Gasteiger partial charge in [0.2, 0.25) is 0 Å². The molecular formula is C16H22O7S2. The summed E-state index contributed by atoms with van der Waals surface area (Å²) in [5.74, 6) is -0.458. The molecule has 0 heterocycles. The number of methoxy groups -OCH3 is 1. The zero-order valence-corrected chi connectivity index (χ0v) is 15.5. The fourth-order valence-electron chi connectivity index (χ4n) is 1.77. The summed E-state index contributed by atoms with van der Waals surface area (Å²) in [4.78, 5) is 11.6. The third kappa shape index (κ3) is 8.32. The van der Waals surface area contributed by atoms with Crippen molar-refractivity contribution in [3.8, 4) is 11.5 Å². The molecular weight excluding hydrogens is 368 g/mol. The molecule has 0 aromatic heterocycles. The number of ether oxygens (including phenoxy) is 2. The van der Waals surface area contributed by atoms with Crippen LogP contribution in [-0.4, -0.2) is 58.4 Å². The van der Waals surface area contributed by atoms with Crippen LogP contribution in [-0.2, 0) is 31.9 Å². The largest absolute Gasteiger partial charge is 0.504 e. The van der Waals surface area contributed by atoms with Crippen LogP contribution in [0.15, 0.2) is 24.3 Å². The molecule has 3 atom stereocenters. The Labute approximate surface area is 156 Å². The summed E-state index contributed by atoms with van der Waals surface area (Å²) >= 11 is 7.33. The van der Waals surface area contributed by atoms with E-state index in [4.69, 9.17) is 9.47 Å². The van der Waals surface area contributed by atoms with Gasteiger partial charge >= 0.3 is 5.97 Å². The van der Waals surface area contributed by atoms with Gasteiger partial charge in [-0.2, -0.15) is 0 Å². The second-order valence-corrected chi connectivity index (χ2v) is 4.93. The van der Waals surface area contributed by atoms with E-state index in [0.29, 0.717) is 5.56 Å². The Hall–Kier alpha value is -1.65. The summed E-state index contributed by atoms with van der Waals surface area (Å²) < 4.78 is 9.74. The van der Waals surface area contributed by atoms with Crippen molar-refractivity contribution >= 4 is 34.4 Å². The van der Waals surface area contributed by atoms with Crippen LogP contribution in [0.25, 0.3) is 6.08 Å². The molecule has 1 aromatic carbocycles. The molecule has 0 aliphatic heterocycles. The summed E-state index contributed by atoms with van der Waals surface area (Å²) in [7, 11) is 1.41. The van der Waals surface area contributed by atoms with Gasteiger partial charge in [0.05, 0.1) is 13.2 Å². The summed E-state index contributed by atoms with van der Waals surface area (Å²) in [6, 6.07) is 4.54. The van der Waals surface area contributed by atoms with Gasteiger partial charge in [-0.3, -0.25) is 0 Å². The number of hydrogen-bond acceptors (Lipinski definition) is 9. The average molecular weight is 390 g/mol. The number of phenolic OH excluding ortho intramolecular Hbond substituents is 1. The second kappa shape index (κ2) is 12.7. The van der Waals surface area contributed by atoms with Crippen LogP contribution < -0.4 is 4.74 Å². The molecule has 7 nitrogen and oxygen atoms in total. The normalized spacial score (nSPS) is 14.1. The number of carbonyl (C=O) groups excluding carboxylic acids is 1. The number of esters is 1. The highest BCUT2D eigenvalue weighted by molar-refractivity contribution is 8.07. The van der Waals surface area contributed by atoms with Gasteiger partial charge < -0.3 is 29.9 Å². The molecule has 0 aliphatic rings. The van der Waals surface area contributed by atoms with Gasteiger partial charge in [0.25, 0.3) is 0 Å². The molecule has 25 heavy (non-hydrogen) atoms. The van der Waals surface area contributed by atoms with Gasteiger partial charge in [0.15, 0.2) is 11.5 Å². The highest BCUT2D eigenvalue weighted by atomic mass is 32.8. The SMILES string of the molecule is CCC(O)C(O)C(O)COC(=O)/C=C/c1ccc(O)c(OC)c1.S=S. The predicted molar refractivity (Wildman–Crippen MR) is 97.7 cm³/mol. The van der Waals surface area contributed by atoms with Crippen molar-refractivity contribution in [3.63, 3.8) is 0 Å². The van der Waals surface area contributed by atoms with Crippen molar-refractivity contribution in [1.82, 2.24) is 0 Å². The van der Waals surface area contributed by atoms with Gasteiger partial charge in [-0.05, 0) is 30.2 Å². The Bertz CT molecular complexity index is 565. The van der Waals surface area contributed by atoms with E-state index in [2.05, 4.69) is 22.4 Å². The predicted octanol–water partition coefficient (Wildman–Crippen LogP) is 0.445. The van der Waals surface area contributed by atoms with Crippen molar-refractivity contribution in [2.45, 2.75) is 31.7 Å². The summed E-state index contributed by atoms with van der Waals surface area (Å²) in [5.41, 5.74) is 0.610. The Morgan fingerprint density at radius 3 is 2.44 bits per heavy atom. The molecule has 0 fully saturated rings. The molecule has 0 saturated carbocycles. The average Bonchev–Trinajstić information content (AvgIpc) is 2.65. The molecule has 9 heteroatoms. The summed E-state index contributed by atoms with van der Waals surface area (Å²) in [6.07, 6.45) is -0.956. The standard InChI is InChI=1S/C16H22O7.S2/c1-3-11(17)16(21)13(19)9-23-15(20)7-5-10-4-6-12(18)14(8-10)22-2;1-2/h4-8,11,13,16-19,21H,3,9H2,1-2H3;/b7-5+;. The lowest BCUT2D eigenvalue weighted by atomic mass is 10.1. The number of hydrogen-bond donors (Lipinski definition) is 4. The van der Waals surface area contributed by atoms with Crippen LogP contribution in [0.2, 0.25) is 0 Å². The Balaban J connectivity index is 0.00000277. The first-order valence-electron chi connectivity index (χ1n) is 7.31. The molecule has 0 radical (unpaired) electrons. The zero-order chi connectivity index (χ0) is 19.4. The van der Waals surface area contributed by atoms with Crippen molar-refractivity contribution in [2.24, 2.45) is 0 Å². The van der Waals surface area contributed by atoms with Crippen LogP contribution >= 0.6 is 0 Å². The van der Waals surface area contributed by atoms with Crippen molar-refractivity contribution in [3.05, 3.63) is 29.8 Å². The lowest BCUT2D eigenvalue weighted by molar-refractivity contribution is -0.145.